The maximum Gasteiger partial charge on any atom is 0.359 e. The van der Waals surface area contributed by atoms with Gasteiger partial charge in [0.15, 0.2) is 11.8 Å². The van der Waals surface area contributed by atoms with E-state index in [0.29, 0.717) is 11.3 Å². The maximum absolute atomic E-state index is 12.3. The molecule has 0 aliphatic rings. The van der Waals surface area contributed by atoms with Gasteiger partial charge in [-0.05, 0) is 25.8 Å². The Bertz CT molecular complexity index is 663. The molecule has 2 aromatic rings. The first-order valence-corrected chi connectivity index (χ1v) is 7.14. The second kappa shape index (κ2) is 6.93. The number of carbonyl (C=O) groups excluding carboxylic acids is 2. The molecular formula is C17H18N2O3. The minimum atomic E-state index is -0.872. The summed E-state index contributed by atoms with van der Waals surface area (Å²) in [6, 6.07) is 7.29. The van der Waals surface area contributed by atoms with Crippen molar-refractivity contribution in [3.8, 4) is 0 Å². The molecule has 0 spiro atoms. The van der Waals surface area contributed by atoms with Gasteiger partial charge in [0, 0.05) is 11.8 Å². The van der Waals surface area contributed by atoms with Crippen molar-refractivity contribution in [2.45, 2.75) is 33.3 Å². The van der Waals surface area contributed by atoms with Gasteiger partial charge < -0.3 is 4.74 Å². The van der Waals surface area contributed by atoms with Crippen LogP contribution >= 0.6 is 0 Å². The van der Waals surface area contributed by atoms with Crippen molar-refractivity contribution in [1.29, 1.82) is 0 Å². The summed E-state index contributed by atoms with van der Waals surface area (Å²) in [6.07, 6.45) is 2.85. The Morgan fingerprint density at radius 2 is 1.82 bits per heavy atom. The van der Waals surface area contributed by atoms with Crippen LogP contribution in [0, 0.1) is 6.92 Å². The van der Waals surface area contributed by atoms with Gasteiger partial charge in [0.05, 0.1) is 11.9 Å². The van der Waals surface area contributed by atoms with Crippen LogP contribution in [0.25, 0.3) is 0 Å². The lowest BCUT2D eigenvalue weighted by Gasteiger charge is -2.12. The fourth-order valence-corrected chi connectivity index (χ4v) is 1.91. The summed E-state index contributed by atoms with van der Waals surface area (Å²) in [4.78, 5) is 32.1. The highest BCUT2D eigenvalue weighted by molar-refractivity contribution is 6.01. The first-order chi connectivity index (χ1) is 10.5. The number of hydrogen-bond donors (Lipinski definition) is 0. The smallest absolute Gasteiger partial charge is 0.359 e. The first kappa shape index (κ1) is 15.8. The highest BCUT2D eigenvalue weighted by Gasteiger charge is 2.21. The van der Waals surface area contributed by atoms with Crippen LogP contribution in [0.1, 0.15) is 46.0 Å². The molecule has 0 N–H and O–H groups in total. The number of ether oxygens (including phenoxy) is 1. The monoisotopic (exact) mass is 298 g/mol. The topological polar surface area (TPSA) is 69.2 Å². The van der Waals surface area contributed by atoms with Gasteiger partial charge in [-0.2, -0.15) is 0 Å². The van der Waals surface area contributed by atoms with E-state index < -0.39 is 12.1 Å². The Kier molecular flexibility index (Phi) is 4.99. The van der Waals surface area contributed by atoms with E-state index in [1.54, 1.807) is 26.0 Å². The molecule has 5 nitrogen and oxygen atoms in total. The number of aryl methyl sites for hydroxylation is 2. The molecule has 2 rings (SSSR count). The molecule has 5 heteroatoms. The van der Waals surface area contributed by atoms with Crippen LogP contribution in [0.4, 0.5) is 0 Å². The van der Waals surface area contributed by atoms with Crippen molar-refractivity contribution in [3.63, 3.8) is 0 Å². The van der Waals surface area contributed by atoms with Crippen LogP contribution in [0.2, 0.25) is 0 Å². The van der Waals surface area contributed by atoms with E-state index in [1.165, 1.54) is 12.4 Å². The molecule has 1 aromatic carbocycles. The summed E-state index contributed by atoms with van der Waals surface area (Å²) >= 11 is 0. The lowest BCUT2D eigenvalue weighted by atomic mass is 10.0. The Labute approximate surface area is 129 Å². The molecule has 1 heterocycles. The average Bonchev–Trinajstić information content (AvgIpc) is 2.54. The number of benzene rings is 1. The van der Waals surface area contributed by atoms with Crippen LogP contribution in [0.3, 0.4) is 0 Å². The van der Waals surface area contributed by atoms with Gasteiger partial charge in [0.2, 0.25) is 5.78 Å². The van der Waals surface area contributed by atoms with Gasteiger partial charge in [-0.15, -0.1) is 0 Å². The van der Waals surface area contributed by atoms with E-state index in [-0.39, 0.29) is 11.5 Å². The third-order valence-corrected chi connectivity index (χ3v) is 3.29. The molecule has 1 atom stereocenters. The minimum absolute atomic E-state index is 0.0894. The van der Waals surface area contributed by atoms with Gasteiger partial charge in [-0.3, -0.25) is 9.78 Å². The number of Topliss-reactive ketones (excluding diaryl/α,β-unsaturated/α-hetero) is 1. The van der Waals surface area contributed by atoms with Crippen LogP contribution in [0.5, 0.6) is 0 Å². The van der Waals surface area contributed by atoms with Gasteiger partial charge in [-0.1, -0.05) is 31.2 Å². The zero-order chi connectivity index (χ0) is 16.1. The van der Waals surface area contributed by atoms with Gasteiger partial charge in [0.1, 0.15) is 0 Å². The lowest BCUT2D eigenvalue weighted by Crippen LogP contribution is -2.25. The van der Waals surface area contributed by atoms with Crippen molar-refractivity contribution in [2.24, 2.45) is 0 Å². The number of esters is 1. The SMILES string of the molecule is CCc1ccc(C(=O)[C@@H](C)OC(=O)c2cnc(C)cn2)cc1. The van der Waals surface area contributed by atoms with E-state index in [1.807, 2.05) is 19.1 Å². The highest BCUT2D eigenvalue weighted by atomic mass is 16.5. The Morgan fingerprint density at radius 3 is 2.36 bits per heavy atom. The summed E-state index contributed by atoms with van der Waals surface area (Å²) in [5.41, 5.74) is 2.46. The minimum Gasteiger partial charge on any atom is -0.449 e. The second-order valence-corrected chi connectivity index (χ2v) is 5.01. The molecule has 114 valence electrons. The fraction of sp³-hybridized carbons (Fsp3) is 0.294. The molecule has 0 unspecified atom stereocenters. The highest BCUT2D eigenvalue weighted by Crippen LogP contribution is 2.10. The molecule has 0 fully saturated rings. The van der Waals surface area contributed by atoms with Crippen molar-refractivity contribution in [1.82, 2.24) is 9.97 Å². The second-order valence-electron chi connectivity index (χ2n) is 5.01. The number of nitrogens with zero attached hydrogens (tertiary/aromatic N) is 2. The molecule has 1 aromatic heterocycles. The molecule has 0 aliphatic carbocycles. The zero-order valence-electron chi connectivity index (χ0n) is 12.9. The molecule has 0 amide bonds. The summed E-state index contributed by atoms with van der Waals surface area (Å²) in [6.45, 7) is 5.37. The van der Waals surface area contributed by atoms with Crippen molar-refractivity contribution < 1.29 is 14.3 Å². The van der Waals surface area contributed by atoms with Crippen molar-refractivity contribution in [2.75, 3.05) is 0 Å². The zero-order valence-corrected chi connectivity index (χ0v) is 12.9. The van der Waals surface area contributed by atoms with E-state index in [4.69, 9.17) is 4.74 Å². The summed E-state index contributed by atoms with van der Waals surface area (Å²) in [5.74, 6) is -0.894. The van der Waals surface area contributed by atoms with Crippen molar-refractivity contribution in [3.05, 3.63) is 59.2 Å². The van der Waals surface area contributed by atoms with E-state index in [2.05, 4.69) is 9.97 Å². The number of ketones is 1. The molecular weight excluding hydrogens is 280 g/mol. The maximum atomic E-state index is 12.3. The predicted molar refractivity (Wildman–Crippen MR) is 81.8 cm³/mol. The first-order valence-electron chi connectivity index (χ1n) is 7.14. The van der Waals surface area contributed by atoms with Crippen LogP contribution < -0.4 is 0 Å². The number of rotatable bonds is 5. The number of aromatic nitrogens is 2. The number of carbonyl (C=O) groups is 2. The Hall–Kier alpha value is -2.56. The van der Waals surface area contributed by atoms with Crippen LogP contribution in [0.15, 0.2) is 36.7 Å². The quantitative estimate of drug-likeness (QED) is 0.627. The van der Waals surface area contributed by atoms with Gasteiger partial charge in [-0.25, -0.2) is 9.78 Å². The fourth-order valence-electron chi connectivity index (χ4n) is 1.91. The molecule has 0 bridgehead atoms. The third kappa shape index (κ3) is 3.75. The third-order valence-electron chi connectivity index (χ3n) is 3.29. The number of hydrogen-bond acceptors (Lipinski definition) is 5. The van der Waals surface area contributed by atoms with Crippen molar-refractivity contribution >= 4 is 11.8 Å². The molecule has 22 heavy (non-hydrogen) atoms. The summed E-state index contributed by atoms with van der Waals surface area (Å²) in [7, 11) is 0. The summed E-state index contributed by atoms with van der Waals surface area (Å²) < 4.78 is 5.16. The molecule has 0 saturated heterocycles. The van der Waals surface area contributed by atoms with Crippen LogP contribution in [-0.2, 0) is 11.2 Å². The average molecular weight is 298 g/mol. The normalized spacial score (nSPS) is 11.8. The standard InChI is InChI=1S/C17H18N2O3/c1-4-13-5-7-14(8-6-13)16(20)12(3)22-17(21)15-10-18-11(2)9-19-15/h5-10,12H,4H2,1-3H3/t12-/m1/s1. The van der Waals surface area contributed by atoms with Gasteiger partial charge in [0.25, 0.3) is 0 Å². The largest absolute Gasteiger partial charge is 0.449 e. The molecule has 0 saturated carbocycles. The molecule has 0 radical (unpaired) electrons. The van der Waals surface area contributed by atoms with E-state index >= 15 is 0 Å². The lowest BCUT2D eigenvalue weighted by molar-refractivity contribution is 0.0312. The Balaban J connectivity index is 2.03. The predicted octanol–water partition coefficient (Wildman–Crippen LogP) is 2.78. The van der Waals surface area contributed by atoms with E-state index in [0.717, 1.165) is 12.0 Å². The van der Waals surface area contributed by atoms with Crippen LogP contribution in [-0.4, -0.2) is 27.8 Å². The van der Waals surface area contributed by atoms with E-state index in [9.17, 15) is 9.59 Å². The molecule has 0 aliphatic heterocycles. The Morgan fingerprint density at radius 1 is 1.14 bits per heavy atom. The summed E-state index contributed by atoms with van der Waals surface area (Å²) in [5, 5.41) is 0. The van der Waals surface area contributed by atoms with Gasteiger partial charge >= 0.3 is 5.97 Å².